The molecule has 0 radical (unpaired) electrons. The predicted octanol–water partition coefficient (Wildman–Crippen LogP) is 1.26. The molecule has 1 heterocycles. The van der Waals surface area contributed by atoms with Crippen LogP contribution in [0.3, 0.4) is 0 Å². The summed E-state index contributed by atoms with van der Waals surface area (Å²) in [5.74, 6) is 5.69. The lowest BCUT2D eigenvalue weighted by atomic mass is 10.2. The van der Waals surface area contributed by atoms with Gasteiger partial charge in [-0.05, 0) is 37.3 Å². The largest absolute Gasteiger partial charge is 0.342 e. The zero-order valence-electron chi connectivity index (χ0n) is 11.8. The van der Waals surface area contributed by atoms with Crippen molar-refractivity contribution in [3.05, 3.63) is 42.0 Å². The first-order valence-corrected chi connectivity index (χ1v) is 6.75. The van der Waals surface area contributed by atoms with Crippen LogP contribution in [0.1, 0.15) is 12.5 Å². The number of benzene rings is 1. The fraction of sp³-hybridized carbons (Fsp3) is 0.250. The van der Waals surface area contributed by atoms with Crippen molar-refractivity contribution in [2.75, 3.05) is 24.5 Å². The summed E-state index contributed by atoms with van der Waals surface area (Å²) in [6, 6.07) is 7.39. The van der Waals surface area contributed by atoms with Crippen LogP contribution >= 0.6 is 0 Å². The van der Waals surface area contributed by atoms with Crippen LogP contribution < -0.4 is 15.5 Å². The van der Waals surface area contributed by atoms with Gasteiger partial charge < -0.3 is 10.6 Å². The predicted molar refractivity (Wildman–Crippen MR) is 81.9 cm³/mol. The Kier molecular flexibility index (Phi) is 4.99. The molecule has 0 spiro atoms. The summed E-state index contributed by atoms with van der Waals surface area (Å²) in [5.41, 5.74) is 1.70. The summed E-state index contributed by atoms with van der Waals surface area (Å²) in [6.07, 6.45) is 3.13. The lowest BCUT2D eigenvalue weighted by molar-refractivity contribution is -0.116. The number of carbonyl (C=O) groups excluding carboxylic acids is 2. The molecule has 2 N–H and O–H groups in total. The third kappa shape index (κ3) is 4.11. The van der Waals surface area contributed by atoms with Gasteiger partial charge in [0, 0.05) is 24.3 Å². The van der Waals surface area contributed by atoms with E-state index in [1.165, 1.54) is 6.08 Å². The number of nitrogens with zero attached hydrogens (tertiary/aromatic N) is 1. The number of amides is 3. The molecule has 0 atom stereocenters. The van der Waals surface area contributed by atoms with Crippen LogP contribution in [0.4, 0.5) is 10.5 Å². The van der Waals surface area contributed by atoms with E-state index < -0.39 is 0 Å². The van der Waals surface area contributed by atoms with Crippen LogP contribution in [-0.2, 0) is 4.79 Å². The molecule has 1 aromatic rings. The Labute approximate surface area is 124 Å². The van der Waals surface area contributed by atoms with Crippen molar-refractivity contribution in [3.8, 4) is 11.8 Å². The molecule has 1 fully saturated rings. The Morgan fingerprint density at radius 1 is 1.43 bits per heavy atom. The molecule has 1 aromatic carbocycles. The summed E-state index contributed by atoms with van der Waals surface area (Å²) >= 11 is 0. The van der Waals surface area contributed by atoms with Crippen molar-refractivity contribution in [3.63, 3.8) is 0 Å². The molecule has 0 bridgehead atoms. The van der Waals surface area contributed by atoms with Crippen molar-refractivity contribution >= 4 is 17.6 Å². The Hall–Kier alpha value is -2.74. The Morgan fingerprint density at radius 3 is 2.81 bits per heavy atom. The number of carbonyl (C=O) groups is 2. The first kappa shape index (κ1) is 14.7. The number of hydrogen-bond acceptors (Lipinski definition) is 2. The van der Waals surface area contributed by atoms with Crippen LogP contribution in [0.2, 0.25) is 0 Å². The maximum absolute atomic E-state index is 11.5. The molecule has 0 unspecified atom stereocenters. The molecule has 108 valence electrons. The molecule has 1 saturated heterocycles. The summed E-state index contributed by atoms with van der Waals surface area (Å²) in [7, 11) is 0. The molecule has 5 heteroatoms. The standard InChI is InChI=1S/C16H17N3O2/c1-2-4-15(20)17-10-3-5-13-6-8-14(9-7-13)19-12-11-18-16(19)21/h2,4,6-9H,10-12H2,1H3,(H,17,20)(H,18,21)/b4-2+. The molecule has 0 aromatic heterocycles. The molecule has 1 aliphatic heterocycles. The first-order valence-electron chi connectivity index (χ1n) is 6.75. The van der Waals surface area contributed by atoms with Crippen molar-refractivity contribution < 1.29 is 9.59 Å². The minimum atomic E-state index is -0.151. The van der Waals surface area contributed by atoms with Crippen LogP contribution in [0.25, 0.3) is 0 Å². The monoisotopic (exact) mass is 283 g/mol. The fourth-order valence-electron chi connectivity index (χ4n) is 1.93. The van der Waals surface area contributed by atoms with E-state index >= 15 is 0 Å². The van der Waals surface area contributed by atoms with Gasteiger partial charge in [0.25, 0.3) is 0 Å². The summed E-state index contributed by atoms with van der Waals surface area (Å²) < 4.78 is 0. The zero-order valence-corrected chi connectivity index (χ0v) is 11.8. The normalized spacial score (nSPS) is 13.8. The second-order valence-corrected chi connectivity index (χ2v) is 4.45. The zero-order chi connectivity index (χ0) is 15.1. The van der Waals surface area contributed by atoms with Crippen molar-refractivity contribution in [2.24, 2.45) is 0 Å². The fourth-order valence-corrected chi connectivity index (χ4v) is 1.93. The van der Waals surface area contributed by atoms with Gasteiger partial charge in [-0.1, -0.05) is 17.9 Å². The van der Waals surface area contributed by atoms with Crippen molar-refractivity contribution in [1.82, 2.24) is 10.6 Å². The molecular formula is C16H17N3O2. The topological polar surface area (TPSA) is 61.4 Å². The minimum Gasteiger partial charge on any atom is -0.342 e. The smallest absolute Gasteiger partial charge is 0.321 e. The van der Waals surface area contributed by atoms with Gasteiger partial charge in [0.2, 0.25) is 5.91 Å². The highest BCUT2D eigenvalue weighted by Gasteiger charge is 2.20. The van der Waals surface area contributed by atoms with E-state index in [1.54, 1.807) is 17.9 Å². The molecule has 5 nitrogen and oxygen atoms in total. The van der Waals surface area contributed by atoms with Gasteiger partial charge in [0.1, 0.15) is 0 Å². The summed E-state index contributed by atoms with van der Waals surface area (Å²) in [4.78, 5) is 24.4. The maximum atomic E-state index is 11.5. The maximum Gasteiger partial charge on any atom is 0.321 e. The molecule has 1 aliphatic rings. The Balaban J connectivity index is 1.91. The molecule has 21 heavy (non-hydrogen) atoms. The van der Waals surface area contributed by atoms with E-state index in [4.69, 9.17) is 0 Å². The third-order valence-corrected chi connectivity index (χ3v) is 2.94. The van der Waals surface area contributed by atoms with E-state index in [0.717, 1.165) is 11.3 Å². The highest BCUT2D eigenvalue weighted by molar-refractivity contribution is 5.94. The average Bonchev–Trinajstić information content (AvgIpc) is 2.91. The Bertz CT molecular complexity index is 609. The van der Waals surface area contributed by atoms with E-state index in [2.05, 4.69) is 22.5 Å². The SMILES string of the molecule is C/C=C/C(=O)NCC#Cc1ccc(N2CCNC2=O)cc1. The molecule has 0 saturated carbocycles. The minimum absolute atomic E-state index is 0.0690. The van der Waals surface area contributed by atoms with Crippen molar-refractivity contribution in [1.29, 1.82) is 0 Å². The number of allylic oxidation sites excluding steroid dienone is 1. The van der Waals surface area contributed by atoms with Gasteiger partial charge in [-0.2, -0.15) is 0 Å². The highest BCUT2D eigenvalue weighted by atomic mass is 16.2. The van der Waals surface area contributed by atoms with Crippen LogP contribution in [0, 0.1) is 11.8 Å². The Morgan fingerprint density at radius 2 is 2.19 bits per heavy atom. The number of urea groups is 1. The second-order valence-electron chi connectivity index (χ2n) is 4.45. The van der Waals surface area contributed by atoms with Crippen LogP contribution in [-0.4, -0.2) is 31.6 Å². The molecule has 2 rings (SSSR count). The summed E-state index contributed by atoms with van der Waals surface area (Å²) in [6.45, 7) is 3.44. The van der Waals surface area contributed by atoms with Gasteiger partial charge in [-0.3, -0.25) is 9.69 Å². The molecule has 3 amide bonds. The van der Waals surface area contributed by atoms with Crippen LogP contribution in [0.5, 0.6) is 0 Å². The number of hydrogen-bond donors (Lipinski definition) is 2. The second kappa shape index (κ2) is 7.15. The number of rotatable bonds is 3. The molecular weight excluding hydrogens is 266 g/mol. The average molecular weight is 283 g/mol. The molecule has 0 aliphatic carbocycles. The third-order valence-electron chi connectivity index (χ3n) is 2.94. The van der Waals surface area contributed by atoms with E-state index in [9.17, 15) is 9.59 Å². The van der Waals surface area contributed by atoms with Crippen LogP contribution in [0.15, 0.2) is 36.4 Å². The first-order chi connectivity index (χ1) is 10.2. The van der Waals surface area contributed by atoms with Crippen molar-refractivity contribution in [2.45, 2.75) is 6.92 Å². The van der Waals surface area contributed by atoms with E-state index in [1.807, 2.05) is 24.3 Å². The van der Waals surface area contributed by atoms with E-state index in [0.29, 0.717) is 19.6 Å². The summed E-state index contributed by atoms with van der Waals surface area (Å²) in [5, 5.41) is 5.41. The quantitative estimate of drug-likeness (QED) is 0.648. The van der Waals surface area contributed by atoms with E-state index in [-0.39, 0.29) is 11.9 Å². The van der Waals surface area contributed by atoms with Gasteiger partial charge in [0.05, 0.1) is 6.54 Å². The lowest BCUT2D eigenvalue weighted by Crippen LogP contribution is -2.27. The number of nitrogens with one attached hydrogen (secondary N) is 2. The van der Waals surface area contributed by atoms with Gasteiger partial charge in [-0.25, -0.2) is 4.79 Å². The van der Waals surface area contributed by atoms with Gasteiger partial charge in [0.15, 0.2) is 0 Å². The number of anilines is 1. The van der Waals surface area contributed by atoms with Gasteiger partial charge >= 0.3 is 6.03 Å². The van der Waals surface area contributed by atoms with Gasteiger partial charge in [-0.15, -0.1) is 0 Å². The lowest BCUT2D eigenvalue weighted by Gasteiger charge is -2.13. The highest BCUT2D eigenvalue weighted by Crippen LogP contribution is 2.16.